The van der Waals surface area contributed by atoms with E-state index in [1.165, 1.54) is 10.8 Å². The minimum atomic E-state index is 0.876. The summed E-state index contributed by atoms with van der Waals surface area (Å²) in [6, 6.07) is 79.8. The highest BCUT2D eigenvalue weighted by Crippen LogP contribution is 2.43. The summed E-state index contributed by atoms with van der Waals surface area (Å²) in [7, 11) is 0. The molecule has 0 saturated carbocycles. The van der Waals surface area contributed by atoms with Gasteiger partial charge in [0.1, 0.15) is 11.2 Å². The number of aromatic nitrogens is 1. The highest BCUT2D eigenvalue weighted by Gasteiger charge is 2.20. The first-order chi connectivity index (χ1) is 28.8. The molecule has 2 heterocycles. The molecule has 0 radical (unpaired) electrons. The van der Waals surface area contributed by atoms with Gasteiger partial charge in [0, 0.05) is 67.4 Å². The highest BCUT2D eigenvalue weighted by molar-refractivity contribution is 6.17. The smallest absolute Gasteiger partial charge is 0.137 e. The van der Waals surface area contributed by atoms with Crippen LogP contribution in [0.2, 0.25) is 0 Å². The van der Waals surface area contributed by atoms with Crippen LogP contribution in [0.25, 0.3) is 60.6 Å². The number of hydrogen-bond donors (Lipinski definition) is 0. The minimum absolute atomic E-state index is 0.876. The molecule has 4 heteroatoms. The number of nitrogens with zero attached hydrogens (tertiary/aromatic N) is 3. The molecule has 58 heavy (non-hydrogen) atoms. The zero-order valence-corrected chi connectivity index (χ0v) is 31.6. The maximum absolute atomic E-state index is 6.49. The van der Waals surface area contributed by atoms with Gasteiger partial charge in [-0.3, -0.25) is 0 Å². The maximum atomic E-state index is 6.49. The molecule has 0 aliphatic rings. The minimum Gasteiger partial charge on any atom is -0.456 e. The average molecular weight is 744 g/mol. The van der Waals surface area contributed by atoms with E-state index in [1.807, 2.05) is 12.1 Å². The molecule has 0 amide bonds. The van der Waals surface area contributed by atoms with Crippen molar-refractivity contribution >= 4 is 77.9 Å². The Morgan fingerprint density at radius 1 is 0.293 bits per heavy atom. The summed E-state index contributed by atoms with van der Waals surface area (Å²) in [4.78, 5) is 4.65. The van der Waals surface area contributed by atoms with Gasteiger partial charge in [-0.15, -0.1) is 0 Å². The fourth-order valence-corrected chi connectivity index (χ4v) is 8.49. The third kappa shape index (κ3) is 5.78. The molecule has 4 nitrogen and oxygen atoms in total. The fourth-order valence-electron chi connectivity index (χ4n) is 8.49. The Morgan fingerprint density at radius 3 is 1.40 bits per heavy atom. The van der Waals surface area contributed by atoms with E-state index in [0.29, 0.717) is 0 Å². The van der Waals surface area contributed by atoms with Crippen molar-refractivity contribution in [2.24, 2.45) is 0 Å². The normalized spacial score (nSPS) is 11.4. The van der Waals surface area contributed by atoms with E-state index >= 15 is 0 Å². The van der Waals surface area contributed by atoms with Crippen molar-refractivity contribution in [2.45, 2.75) is 0 Å². The van der Waals surface area contributed by atoms with Crippen molar-refractivity contribution in [3.05, 3.63) is 224 Å². The van der Waals surface area contributed by atoms with Crippen molar-refractivity contribution in [2.75, 3.05) is 9.80 Å². The van der Waals surface area contributed by atoms with Gasteiger partial charge in [0.2, 0.25) is 0 Å². The van der Waals surface area contributed by atoms with E-state index in [1.54, 1.807) is 0 Å². The number of rotatable bonds is 8. The van der Waals surface area contributed by atoms with Crippen molar-refractivity contribution in [3.63, 3.8) is 0 Å². The monoisotopic (exact) mass is 743 g/mol. The number of furan rings is 1. The Balaban J connectivity index is 1.14. The first-order valence-corrected chi connectivity index (χ1v) is 19.7. The van der Waals surface area contributed by atoms with E-state index < -0.39 is 0 Å². The molecule has 2 aromatic heterocycles. The van der Waals surface area contributed by atoms with E-state index in [-0.39, 0.29) is 0 Å². The summed E-state index contributed by atoms with van der Waals surface area (Å²) in [6.07, 6.45) is 0. The van der Waals surface area contributed by atoms with Gasteiger partial charge in [-0.1, -0.05) is 121 Å². The average Bonchev–Trinajstić information content (AvgIpc) is 3.82. The quantitative estimate of drug-likeness (QED) is 0.155. The molecule has 0 saturated heterocycles. The third-order valence-electron chi connectivity index (χ3n) is 11.1. The first-order valence-electron chi connectivity index (χ1n) is 19.7. The lowest BCUT2D eigenvalue weighted by Crippen LogP contribution is -2.11. The number of hydrogen-bond acceptors (Lipinski definition) is 3. The van der Waals surface area contributed by atoms with Crippen LogP contribution in [0.5, 0.6) is 0 Å². The molecule has 0 aliphatic heterocycles. The number of para-hydroxylation sites is 6. The summed E-state index contributed by atoms with van der Waals surface area (Å²) < 4.78 is 8.89. The number of benzene rings is 9. The van der Waals surface area contributed by atoms with Gasteiger partial charge < -0.3 is 18.8 Å². The van der Waals surface area contributed by atoms with Gasteiger partial charge >= 0.3 is 0 Å². The second-order valence-electron chi connectivity index (χ2n) is 14.6. The molecule has 11 rings (SSSR count). The molecule has 0 unspecified atom stereocenters. The molecular weight excluding hydrogens is 707 g/mol. The molecule has 9 aromatic carbocycles. The first kappa shape index (κ1) is 33.5. The standard InChI is InChI=1S/C54H37N3O/c1-5-17-40(18-6-1)55(41-19-7-2-8-20-41)44-31-29-38(30-32-44)39-33-45(56(42-21-9-3-10-22-42)43-23-11-4-12-24-43)35-46(34-39)57-51-27-15-13-25-47(51)49-36-50-48-26-14-16-28-53(48)58-54(50)37-52(49)57/h1-37H. The van der Waals surface area contributed by atoms with Gasteiger partial charge in [-0.2, -0.15) is 0 Å². The number of fused-ring (bicyclic) bond motifs is 6. The van der Waals surface area contributed by atoms with E-state index in [9.17, 15) is 0 Å². The Bertz CT molecular complexity index is 3130. The molecule has 0 N–H and O–H groups in total. The lowest BCUT2D eigenvalue weighted by molar-refractivity contribution is 0.669. The van der Waals surface area contributed by atoms with Crippen molar-refractivity contribution in [1.82, 2.24) is 4.57 Å². The van der Waals surface area contributed by atoms with Crippen LogP contribution in [0, 0.1) is 0 Å². The Morgan fingerprint density at radius 2 is 0.793 bits per heavy atom. The molecule has 274 valence electrons. The molecule has 0 spiro atoms. The fraction of sp³-hybridized carbons (Fsp3) is 0. The maximum Gasteiger partial charge on any atom is 0.137 e. The molecular formula is C54H37N3O. The van der Waals surface area contributed by atoms with Crippen molar-refractivity contribution < 1.29 is 4.42 Å². The van der Waals surface area contributed by atoms with Crippen LogP contribution in [-0.2, 0) is 0 Å². The van der Waals surface area contributed by atoms with Crippen LogP contribution >= 0.6 is 0 Å². The van der Waals surface area contributed by atoms with Crippen molar-refractivity contribution in [1.29, 1.82) is 0 Å². The van der Waals surface area contributed by atoms with E-state index in [2.05, 4.69) is 227 Å². The summed E-state index contributed by atoms with van der Waals surface area (Å²) >= 11 is 0. The Hall–Kier alpha value is -7.82. The number of anilines is 6. The molecule has 11 aromatic rings. The van der Waals surface area contributed by atoms with Crippen LogP contribution in [0.1, 0.15) is 0 Å². The van der Waals surface area contributed by atoms with E-state index in [4.69, 9.17) is 4.42 Å². The van der Waals surface area contributed by atoms with Crippen LogP contribution in [0.15, 0.2) is 229 Å². The lowest BCUT2D eigenvalue weighted by atomic mass is 10.0. The highest BCUT2D eigenvalue weighted by atomic mass is 16.3. The third-order valence-corrected chi connectivity index (χ3v) is 11.1. The largest absolute Gasteiger partial charge is 0.456 e. The lowest BCUT2D eigenvalue weighted by Gasteiger charge is -2.27. The van der Waals surface area contributed by atoms with E-state index in [0.717, 1.165) is 83.9 Å². The van der Waals surface area contributed by atoms with Crippen LogP contribution in [-0.4, -0.2) is 4.57 Å². The summed E-state index contributed by atoms with van der Waals surface area (Å²) in [5, 5.41) is 4.64. The van der Waals surface area contributed by atoms with Gasteiger partial charge in [-0.05, 0) is 108 Å². The second kappa shape index (κ2) is 14.0. The summed E-state index contributed by atoms with van der Waals surface area (Å²) in [5.74, 6) is 0. The van der Waals surface area contributed by atoms with Crippen molar-refractivity contribution in [3.8, 4) is 16.8 Å². The predicted molar refractivity (Wildman–Crippen MR) is 243 cm³/mol. The van der Waals surface area contributed by atoms with Crippen LogP contribution in [0.4, 0.5) is 34.1 Å². The second-order valence-corrected chi connectivity index (χ2v) is 14.6. The van der Waals surface area contributed by atoms with Crippen LogP contribution < -0.4 is 9.80 Å². The van der Waals surface area contributed by atoms with Gasteiger partial charge in [0.05, 0.1) is 11.0 Å². The Kier molecular flexibility index (Phi) is 8.11. The molecule has 0 atom stereocenters. The van der Waals surface area contributed by atoms with Crippen LogP contribution in [0.3, 0.4) is 0 Å². The summed E-state index contributed by atoms with van der Waals surface area (Å²) in [6.45, 7) is 0. The SMILES string of the molecule is c1ccc(N(c2ccccc2)c2ccc(-c3cc(N(c4ccccc4)c4ccccc4)cc(-n4c5ccccc5c5cc6c(cc54)oc4ccccc46)c3)cc2)cc1. The summed E-state index contributed by atoms with van der Waals surface area (Å²) in [5.41, 5.74) is 13.8. The van der Waals surface area contributed by atoms with Gasteiger partial charge in [0.15, 0.2) is 0 Å². The molecule has 0 aliphatic carbocycles. The predicted octanol–water partition coefficient (Wildman–Crippen LogP) is 15.3. The van der Waals surface area contributed by atoms with Gasteiger partial charge in [0.25, 0.3) is 0 Å². The zero-order chi connectivity index (χ0) is 38.4. The Labute approximate surface area is 336 Å². The topological polar surface area (TPSA) is 24.6 Å². The van der Waals surface area contributed by atoms with Gasteiger partial charge in [-0.25, -0.2) is 0 Å². The zero-order valence-electron chi connectivity index (χ0n) is 31.6. The molecule has 0 bridgehead atoms. The molecule has 0 fully saturated rings.